The van der Waals surface area contributed by atoms with Crippen LogP contribution in [0.3, 0.4) is 0 Å². The van der Waals surface area contributed by atoms with E-state index in [2.05, 4.69) is 19.2 Å². The van der Waals surface area contributed by atoms with Crippen LogP contribution in [0.25, 0.3) is 0 Å². The van der Waals surface area contributed by atoms with E-state index in [4.69, 9.17) is 4.74 Å². The quantitative estimate of drug-likeness (QED) is 0.591. The number of benzene rings is 1. The molecule has 0 saturated heterocycles. The average Bonchev–Trinajstić information content (AvgIpc) is 2.35. The van der Waals surface area contributed by atoms with E-state index in [1.165, 1.54) is 0 Å². The first-order valence-corrected chi connectivity index (χ1v) is 5.69. The fraction of sp³-hybridized carbons (Fsp3) is 0.462. The smallest absolute Gasteiger partial charge is 0.338 e. The molecule has 0 fully saturated rings. The van der Waals surface area contributed by atoms with Crippen LogP contribution in [-0.2, 0) is 4.74 Å². The van der Waals surface area contributed by atoms with Crippen molar-refractivity contribution in [3.8, 4) is 0 Å². The summed E-state index contributed by atoms with van der Waals surface area (Å²) in [5.74, 6) is -0.258. The summed E-state index contributed by atoms with van der Waals surface area (Å²) in [4.78, 5) is 11.5. The average molecular weight is 221 g/mol. The summed E-state index contributed by atoms with van der Waals surface area (Å²) in [6.07, 6.45) is 1.08. The van der Waals surface area contributed by atoms with E-state index in [1.807, 2.05) is 18.2 Å². The van der Waals surface area contributed by atoms with Gasteiger partial charge in [0.1, 0.15) is 6.61 Å². The van der Waals surface area contributed by atoms with E-state index < -0.39 is 0 Å². The van der Waals surface area contributed by atoms with Crippen LogP contribution in [0.2, 0.25) is 0 Å². The lowest BCUT2D eigenvalue weighted by Crippen LogP contribution is -2.29. The zero-order valence-electron chi connectivity index (χ0n) is 9.90. The van der Waals surface area contributed by atoms with E-state index >= 15 is 0 Å². The van der Waals surface area contributed by atoms with Crippen molar-refractivity contribution in [3.63, 3.8) is 0 Å². The minimum atomic E-state index is -0.258. The first kappa shape index (κ1) is 12.7. The normalized spacial score (nSPS) is 12.1. The van der Waals surface area contributed by atoms with Crippen molar-refractivity contribution in [2.24, 2.45) is 0 Å². The van der Waals surface area contributed by atoms with Gasteiger partial charge in [-0.2, -0.15) is 0 Å². The van der Waals surface area contributed by atoms with Gasteiger partial charge < -0.3 is 10.1 Å². The highest BCUT2D eigenvalue weighted by Crippen LogP contribution is 2.00. The Morgan fingerprint density at radius 1 is 1.38 bits per heavy atom. The van der Waals surface area contributed by atoms with Crippen LogP contribution in [0.15, 0.2) is 30.3 Å². The summed E-state index contributed by atoms with van der Waals surface area (Å²) in [5.41, 5.74) is 0.603. The summed E-state index contributed by atoms with van der Waals surface area (Å²) < 4.78 is 5.12. The van der Waals surface area contributed by atoms with Gasteiger partial charge in [-0.1, -0.05) is 25.1 Å². The van der Waals surface area contributed by atoms with Crippen LogP contribution in [0.4, 0.5) is 0 Å². The van der Waals surface area contributed by atoms with E-state index in [9.17, 15) is 4.79 Å². The third kappa shape index (κ3) is 4.45. The summed E-state index contributed by atoms with van der Waals surface area (Å²) in [6, 6.07) is 9.51. The molecule has 0 aliphatic carbocycles. The van der Waals surface area contributed by atoms with E-state index in [0.717, 1.165) is 6.42 Å². The second kappa shape index (κ2) is 7.01. The molecule has 1 aromatic carbocycles. The van der Waals surface area contributed by atoms with Gasteiger partial charge >= 0.3 is 5.97 Å². The summed E-state index contributed by atoms with van der Waals surface area (Å²) in [5, 5.41) is 3.26. The molecular formula is C13H19NO2. The molecule has 0 amide bonds. The molecule has 0 aromatic heterocycles. The van der Waals surface area contributed by atoms with Crippen molar-refractivity contribution in [1.29, 1.82) is 0 Å². The molecule has 0 aliphatic heterocycles. The fourth-order valence-corrected chi connectivity index (χ4v) is 1.25. The molecule has 0 bridgehead atoms. The molecule has 1 N–H and O–H groups in total. The zero-order chi connectivity index (χ0) is 11.8. The van der Waals surface area contributed by atoms with Crippen molar-refractivity contribution < 1.29 is 9.53 Å². The monoisotopic (exact) mass is 221 g/mol. The minimum absolute atomic E-state index is 0.258. The molecule has 0 radical (unpaired) electrons. The standard InChI is InChI=1S/C13H19NO2/c1-3-11(2)14-9-10-16-13(15)12-7-5-4-6-8-12/h4-8,11,14H,3,9-10H2,1-2H3. The predicted molar refractivity (Wildman–Crippen MR) is 64.5 cm³/mol. The number of hydrogen-bond acceptors (Lipinski definition) is 3. The Kier molecular flexibility index (Phi) is 5.57. The Morgan fingerprint density at radius 3 is 2.69 bits per heavy atom. The lowest BCUT2D eigenvalue weighted by molar-refractivity contribution is 0.0506. The van der Waals surface area contributed by atoms with E-state index in [-0.39, 0.29) is 5.97 Å². The first-order chi connectivity index (χ1) is 7.74. The third-order valence-electron chi connectivity index (χ3n) is 2.45. The number of carbonyl (C=O) groups is 1. The van der Waals surface area contributed by atoms with Crippen LogP contribution in [0, 0.1) is 0 Å². The molecule has 1 atom stereocenters. The molecule has 1 rings (SSSR count). The minimum Gasteiger partial charge on any atom is -0.461 e. The van der Waals surface area contributed by atoms with Crippen LogP contribution < -0.4 is 5.32 Å². The van der Waals surface area contributed by atoms with Gasteiger partial charge in [0, 0.05) is 12.6 Å². The molecule has 3 nitrogen and oxygen atoms in total. The number of ether oxygens (including phenoxy) is 1. The van der Waals surface area contributed by atoms with Crippen molar-refractivity contribution >= 4 is 5.97 Å². The molecule has 1 aromatic rings. The van der Waals surface area contributed by atoms with Gasteiger partial charge in [-0.25, -0.2) is 4.79 Å². The van der Waals surface area contributed by atoms with Gasteiger partial charge in [-0.15, -0.1) is 0 Å². The van der Waals surface area contributed by atoms with Gasteiger partial charge in [-0.3, -0.25) is 0 Å². The lowest BCUT2D eigenvalue weighted by atomic mass is 10.2. The van der Waals surface area contributed by atoms with Crippen LogP contribution in [0.1, 0.15) is 30.6 Å². The maximum atomic E-state index is 11.5. The van der Waals surface area contributed by atoms with Crippen molar-refractivity contribution in [1.82, 2.24) is 5.32 Å². The molecule has 16 heavy (non-hydrogen) atoms. The SMILES string of the molecule is CCC(C)NCCOC(=O)c1ccccc1. The maximum absolute atomic E-state index is 11.5. The van der Waals surface area contributed by atoms with Crippen LogP contribution >= 0.6 is 0 Å². The van der Waals surface area contributed by atoms with E-state index in [1.54, 1.807) is 12.1 Å². The third-order valence-corrected chi connectivity index (χ3v) is 2.45. The van der Waals surface area contributed by atoms with Crippen molar-refractivity contribution in [3.05, 3.63) is 35.9 Å². The van der Waals surface area contributed by atoms with Gasteiger partial charge in [0.05, 0.1) is 5.56 Å². The Labute approximate surface area is 96.8 Å². The Hall–Kier alpha value is -1.35. The van der Waals surface area contributed by atoms with Crippen molar-refractivity contribution in [2.75, 3.05) is 13.2 Å². The summed E-state index contributed by atoms with van der Waals surface area (Å²) >= 11 is 0. The lowest BCUT2D eigenvalue weighted by Gasteiger charge is -2.11. The molecule has 0 saturated carbocycles. The van der Waals surface area contributed by atoms with E-state index in [0.29, 0.717) is 24.8 Å². The molecule has 0 aliphatic rings. The number of rotatable bonds is 6. The fourth-order valence-electron chi connectivity index (χ4n) is 1.25. The first-order valence-electron chi connectivity index (χ1n) is 5.69. The molecule has 0 spiro atoms. The zero-order valence-corrected chi connectivity index (χ0v) is 9.90. The molecule has 0 heterocycles. The van der Waals surface area contributed by atoms with Gasteiger partial charge in [0.2, 0.25) is 0 Å². The topological polar surface area (TPSA) is 38.3 Å². The molecule has 3 heteroatoms. The second-order valence-corrected chi connectivity index (χ2v) is 3.77. The maximum Gasteiger partial charge on any atom is 0.338 e. The van der Waals surface area contributed by atoms with Gasteiger partial charge in [0.15, 0.2) is 0 Å². The van der Waals surface area contributed by atoms with Gasteiger partial charge in [-0.05, 0) is 25.5 Å². The molecular weight excluding hydrogens is 202 g/mol. The Morgan fingerprint density at radius 2 is 2.06 bits per heavy atom. The highest BCUT2D eigenvalue weighted by atomic mass is 16.5. The summed E-state index contributed by atoms with van der Waals surface area (Å²) in [7, 11) is 0. The molecule has 88 valence electrons. The van der Waals surface area contributed by atoms with Gasteiger partial charge in [0.25, 0.3) is 0 Å². The van der Waals surface area contributed by atoms with Crippen LogP contribution in [-0.4, -0.2) is 25.2 Å². The Bertz CT molecular complexity index is 311. The number of hydrogen-bond donors (Lipinski definition) is 1. The van der Waals surface area contributed by atoms with Crippen LogP contribution in [0.5, 0.6) is 0 Å². The largest absolute Gasteiger partial charge is 0.461 e. The highest BCUT2D eigenvalue weighted by molar-refractivity contribution is 5.89. The molecule has 1 unspecified atom stereocenters. The number of nitrogens with one attached hydrogen (secondary N) is 1. The van der Waals surface area contributed by atoms with Crippen molar-refractivity contribution in [2.45, 2.75) is 26.3 Å². The number of esters is 1. The summed E-state index contributed by atoms with van der Waals surface area (Å²) in [6.45, 7) is 5.35. The Balaban J connectivity index is 2.21. The highest BCUT2D eigenvalue weighted by Gasteiger charge is 2.05. The predicted octanol–water partition coefficient (Wildman–Crippen LogP) is 2.23. The second-order valence-electron chi connectivity index (χ2n) is 3.77. The number of carbonyl (C=O) groups excluding carboxylic acids is 1.